The van der Waals surface area contributed by atoms with Crippen LogP contribution >= 0.6 is 24.2 Å². The number of rotatable bonds is 8. The van der Waals surface area contributed by atoms with Crippen LogP contribution in [0.4, 0.5) is 29.2 Å². The summed E-state index contributed by atoms with van der Waals surface area (Å²) < 4.78 is 69.9. The molecule has 7 N–H and O–H groups in total. The molecule has 4 aliphatic rings. The zero-order valence-electron chi connectivity index (χ0n) is 41.4. The van der Waals surface area contributed by atoms with Crippen LogP contribution in [0.25, 0.3) is 34.1 Å². The van der Waals surface area contributed by atoms with Crippen LogP contribution < -0.4 is 32.0 Å². The zero-order chi connectivity index (χ0) is 53.5. The van der Waals surface area contributed by atoms with E-state index in [9.17, 15) is 32.4 Å². The van der Waals surface area contributed by atoms with Gasteiger partial charge in [-0.25, -0.2) is 47.4 Å². The van der Waals surface area contributed by atoms with Crippen molar-refractivity contribution in [3.63, 3.8) is 0 Å². The molecule has 27 heteroatoms. The third kappa shape index (κ3) is 10.5. The van der Waals surface area contributed by atoms with E-state index in [0.29, 0.717) is 111 Å². The number of aromatic nitrogens is 9. The van der Waals surface area contributed by atoms with Crippen LogP contribution in [0, 0.1) is 28.7 Å². The second kappa shape index (κ2) is 22.7. The van der Waals surface area contributed by atoms with Crippen molar-refractivity contribution in [2.45, 2.75) is 51.0 Å². The SMILES string of the molecule is CSC(=N)c1cnn2ccc(N3CCC[C@@H]3c3cc(F)ccc3F)nc12.Cl.NNC(=O)c1ccc2c(c1)B(O)OC2.OB1OCc2ccc(-c3n[nH]c(-c4cnn5ccc(N6CCC[C@@H]6c6cc(F)ccc6F)nc45)n3)cc21. The summed E-state index contributed by atoms with van der Waals surface area (Å²) >= 11 is 1.32. The Morgan fingerprint density at radius 2 is 1.32 bits per heavy atom. The van der Waals surface area contributed by atoms with E-state index < -0.39 is 37.5 Å². The molecule has 398 valence electrons. The van der Waals surface area contributed by atoms with Gasteiger partial charge in [-0.1, -0.05) is 24.3 Å². The summed E-state index contributed by atoms with van der Waals surface area (Å²) in [5.41, 5.74) is 9.50. The molecule has 9 heterocycles. The Kier molecular flexibility index (Phi) is 15.6. The summed E-state index contributed by atoms with van der Waals surface area (Å²) in [5.74, 6) is 5.15. The van der Waals surface area contributed by atoms with Gasteiger partial charge in [-0.3, -0.25) is 20.7 Å². The van der Waals surface area contributed by atoms with Crippen molar-refractivity contribution in [2.75, 3.05) is 29.1 Å². The minimum atomic E-state index is -0.953. The number of nitrogens with two attached hydrogens (primary N) is 1. The average molecular weight is 1100 g/mol. The number of nitrogen functional groups attached to an aromatic ring is 1. The minimum Gasteiger partial charge on any atom is -0.423 e. The molecular weight excluding hydrogens is 1050 g/mol. The van der Waals surface area contributed by atoms with Crippen LogP contribution in [-0.4, -0.2) is 99.0 Å². The van der Waals surface area contributed by atoms with E-state index >= 15 is 0 Å². The number of benzene rings is 4. The van der Waals surface area contributed by atoms with Gasteiger partial charge in [-0.2, -0.15) is 15.3 Å². The molecule has 4 aliphatic heterocycles. The quantitative estimate of drug-likeness (QED) is 0.0195. The van der Waals surface area contributed by atoms with Gasteiger partial charge in [0.05, 0.1) is 53.9 Å². The molecule has 2 saturated heterocycles. The van der Waals surface area contributed by atoms with Crippen LogP contribution in [0.15, 0.2) is 110 Å². The predicted octanol–water partition coefficient (Wildman–Crippen LogP) is 5.99. The maximum Gasteiger partial charge on any atom is 0.491 e. The molecule has 0 saturated carbocycles. The molecular formula is C51H47B2ClF4N14O5S. The van der Waals surface area contributed by atoms with Gasteiger partial charge in [0.1, 0.15) is 34.9 Å². The maximum atomic E-state index is 14.6. The van der Waals surface area contributed by atoms with Gasteiger partial charge < -0.3 is 29.2 Å². The average Bonchev–Trinajstić information content (AvgIpc) is 4.34. The highest BCUT2D eigenvalue weighted by Crippen LogP contribution is 2.39. The van der Waals surface area contributed by atoms with E-state index in [1.807, 2.05) is 51.8 Å². The number of hydrazine groups is 1. The Balaban J connectivity index is 0.000000146. The maximum absolute atomic E-state index is 14.6. The number of hydrogen-bond donors (Lipinski definition) is 6. The summed E-state index contributed by atoms with van der Waals surface area (Å²) in [5, 5.41) is 43.8. The number of nitrogens with one attached hydrogen (secondary N) is 3. The molecule has 0 spiro atoms. The van der Waals surface area contributed by atoms with Gasteiger partial charge in [0.2, 0.25) is 0 Å². The molecule has 2 fully saturated rings. The molecule has 9 aromatic rings. The zero-order valence-corrected chi connectivity index (χ0v) is 43.0. The third-order valence-corrected chi connectivity index (χ3v) is 14.5. The molecule has 13 rings (SSSR count). The van der Waals surface area contributed by atoms with Crippen molar-refractivity contribution in [1.29, 1.82) is 5.41 Å². The van der Waals surface area contributed by atoms with E-state index in [0.717, 1.165) is 48.1 Å². The Morgan fingerprint density at radius 3 is 1.92 bits per heavy atom. The summed E-state index contributed by atoms with van der Waals surface area (Å²) in [4.78, 5) is 29.3. The molecule has 19 nitrogen and oxygen atoms in total. The largest absolute Gasteiger partial charge is 0.491 e. The molecule has 0 unspecified atom stereocenters. The van der Waals surface area contributed by atoms with Crippen molar-refractivity contribution in [3.05, 3.63) is 166 Å². The first-order valence-corrected chi connectivity index (χ1v) is 25.6. The van der Waals surface area contributed by atoms with Crippen molar-refractivity contribution < 1.29 is 41.7 Å². The number of thioether (sulfide) groups is 1. The monoisotopic (exact) mass is 1100 g/mol. The number of carbonyl (C=O) groups excluding carboxylic acids is 1. The molecule has 4 aromatic carbocycles. The summed E-state index contributed by atoms with van der Waals surface area (Å²) in [6.45, 7) is 2.14. The fourth-order valence-electron chi connectivity index (χ4n) is 10.0. The van der Waals surface area contributed by atoms with Crippen molar-refractivity contribution >= 4 is 83.2 Å². The smallest absolute Gasteiger partial charge is 0.423 e. The van der Waals surface area contributed by atoms with Crippen molar-refractivity contribution in [1.82, 2.24) is 49.8 Å². The number of aromatic amines is 1. The van der Waals surface area contributed by atoms with Crippen LogP contribution in [0.3, 0.4) is 0 Å². The summed E-state index contributed by atoms with van der Waals surface area (Å²) in [7, 11) is -1.89. The molecule has 0 bridgehead atoms. The van der Waals surface area contributed by atoms with Gasteiger partial charge in [0.25, 0.3) is 5.91 Å². The van der Waals surface area contributed by atoms with Gasteiger partial charge in [0.15, 0.2) is 22.9 Å². The van der Waals surface area contributed by atoms with Gasteiger partial charge in [0, 0.05) is 47.7 Å². The van der Waals surface area contributed by atoms with Gasteiger partial charge in [-0.15, -0.1) is 24.2 Å². The Hall–Kier alpha value is -7.71. The van der Waals surface area contributed by atoms with Crippen molar-refractivity contribution in [2.24, 2.45) is 5.84 Å². The lowest BCUT2D eigenvalue weighted by atomic mass is 9.79. The standard InChI is InChI=1S/C25H20BF2N7O2.C18H17F2N5S.C8H9BN2O3.ClH/c27-16-5-6-20(28)17(11-16)21-2-1-8-34(21)22-7-9-35-25(30-22)18(12-29-35)24-31-23(32-33-24)14-3-4-15-13-37-26(36)19(15)10-14;1-26-17(21)13-10-22-25-8-6-16(23-18(13)25)24-7-2-3-15(24)12-9-11(19)4-5-14(12)20;10-11-8(12)5-1-2-6-4-14-9(13)7(6)3-5;/h3-7,9-12,21,36H,1-2,8,13H2,(H,31,32,33);4-6,8-10,15,21H,2-3,7H2,1H3;1-3,13H,4,10H2,(H,11,12);1H/t21-;15-;;/m11../s1. The first-order valence-electron chi connectivity index (χ1n) is 24.4. The number of carbonyl (C=O) groups is 1. The number of hydrogen-bond acceptors (Lipinski definition) is 16. The fraction of sp³-hybridized carbons (Fsp3) is 0.216. The minimum absolute atomic E-state index is 0. The second-order valence-electron chi connectivity index (χ2n) is 18.4. The van der Waals surface area contributed by atoms with E-state index in [1.54, 1.807) is 52.0 Å². The van der Waals surface area contributed by atoms with Gasteiger partial charge in [-0.05, 0) is 115 Å². The Morgan fingerprint density at radius 1 is 0.756 bits per heavy atom. The number of anilines is 2. The first-order chi connectivity index (χ1) is 37.3. The lowest BCUT2D eigenvalue weighted by Gasteiger charge is -2.26. The molecule has 1 amide bonds. The predicted molar refractivity (Wildman–Crippen MR) is 289 cm³/mol. The van der Waals surface area contributed by atoms with Gasteiger partial charge >= 0.3 is 14.2 Å². The topological polar surface area (TPSA) is 246 Å². The lowest BCUT2D eigenvalue weighted by Crippen LogP contribution is -2.33. The number of amides is 1. The van der Waals surface area contributed by atoms with Crippen molar-refractivity contribution in [3.8, 4) is 22.8 Å². The highest BCUT2D eigenvalue weighted by atomic mass is 35.5. The van der Waals surface area contributed by atoms with E-state index in [2.05, 4.69) is 30.4 Å². The van der Waals surface area contributed by atoms with Crippen LogP contribution in [0.5, 0.6) is 0 Å². The number of fused-ring (bicyclic) bond motifs is 4. The van der Waals surface area contributed by atoms with E-state index in [4.69, 9.17) is 25.5 Å². The Labute approximate surface area is 453 Å². The van der Waals surface area contributed by atoms with Crippen LogP contribution in [0.2, 0.25) is 0 Å². The van der Waals surface area contributed by atoms with Crippen LogP contribution in [-0.2, 0) is 22.5 Å². The van der Waals surface area contributed by atoms with E-state index in [1.165, 1.54) is 36.0 Å². The molecule has 5 aromatic heterocycles. The number of halogens is 5. The number of nitrogens with zero attached hydrogens (tertiary/aromatic N) is 10. The summed E-state index contributed by atoms with van der Waals surface area (Å²) in [6.07, 6.45) is 11.8. The normalized spacial score (nSPS) is 16.4. The highest BCUT2D eigenvalue weighted by Gasteiger charge is 2.33. The fourth-order valence-corrected chi connectivity index (χ4v) is 10.4. The third-order valence-electron chi connectivity index (χ3n) is 13.9. The molecule has 0 radical (unpaired) electrons. The van der Waals surface area contributed by atoms with Crippen LogP contribution in [0.1, 0.15) is 75.9 Å². The lowest BCUT2D eigenvalue weighted by molar-refractivity contribution is 0.0953. The molecule has 0 aliphatic carbocycles. The highest BCUT2D eigenvalue weighted by molar-refractivity contribution is 8.13. The number of H-pyrrole nitrogens is 1. The Bertz CT molecular complexity index is 3730. The second-order valence-corrected chi connectivity index (χ2v) is 19.2. The summed E-state index contributed by atoms with van der Waals surface area (Å²) in [6, 6.07) is 20.8. The first kappa shape index (κ1) is 53.7. The molecule has 78 heavy (non-hydrogen) atoms. The van der Waals surface area contributed by atoms with E-state index in [-0.39, 0.29) is 30.4 Å². The molecule has 2 atom stereocenters.